The molecule has 0 aliphatic rings. The van der Waals surface area contributed by atoms with Crippen molar-refractivity contribution < 1.29 is 9.90 Å². The lowest BCUT2D eigenvalue weighted by molar-refractivity contribution is -0.136. The van der Waals surface area contributed by atoms with Gasteiger partial charge in [-0.2, -0.15) is 0 Å². The van der Waals surface area contributed by atoms with Crippen LogP contribution in [0.3, 0.4) is 0 Å². The largest absolute Gasteiger partial charge is 0.481 e. The van der Waals surface area contributed by atoms with Gasteiger partial charge in [0.2, 0.25) is 0 Å². The summed E-state index contributed by atoms with van der Waals surface area (Å²) in [6.45, 7) is 4.17. The smallest absolute Gasteiger partial charge is 0.309 e. The van der Waals surface area contributed by atoms with Crippen molar-refractivity contribution >= 4 is 17.6 Å². The molecule has 1 heterocycles. The van der Waals surface area contributed by atoms with Crippen LogP contribution in [-0.4, -0.2) is 20.6 Å². The molecule has 0 saturated carbocycles. The van der Waals surface area contributed by atoms with Crippen LogP contribution in [0.1, 0.15) is 25.4 Å². The Bertz CT molecular complexity index is 372. The molecule has 1 aromatic heterocycles. The third-order valence-electron chi connectivity index (χ3n) is 2.17. The van der Waals surface area contributed by atoms with E-state index in [-0.39, 0.29) is 6.42 Å². The van der Waals surface area contributed by atoms with Crippen LogP contribution >= 0.6 is 11.6 Å². The molecule has 1 N–H and O–H groups in total. The van der Waals surface area contributed by atoms with Gasteiger partial charge in [0.25, 0.3) is 0 Å². The first kappa shape index (κ1) is 12.0. The maximum absolute atomic E-state index is 10.6. The SMILES string of the molecule is CC(C)Cc1nc(Cl)c(CC(=O)O)n1C. The third kappa shape index (κ3) is 2.96. The van der Waals surface area contributed by atoms with Gasteiger partial charge in [0.05, 0.1) is 12.1 Å². The number of carboxylic acids is 1. The Morgan fingerprint density at radius 3 is 2.67 bits per heavy atom. The zero-order valence-corrected chi connectivity index (χ0v) is 9.88. The molecule has 0 aromatic carbocycles. The van der Waals surface area contributed by atoms with E-state index in [4.69, 9.17) is 16.7 Å². The van der Waals surface area contributed by atoms with Crippen molar-refractivity contribution in [1.29, 1.82) is 0 Å². The van der Waals surface area contributed by atoms with Gasteiger partial charge < -0.3 is 9.67 Å². The van der Waals surface area contributed by atoms with E-state index in [1.54, 1.807) is 11.6 Å². The first-order valence-corrected chi connectivity index (χ1v) is 5.21. The monoisotopic (exact) mass is 230 g/mol. The number of halogens is 1. The highest BCUT2D eigenvalue weighted by molar-refractivity contribution is 6.30. The number of aliphatic carboxylic acids is 1. The van der Waals surface area contributed by atoms with Gasteiger partial charge in [0.15, 0.2) is 5.15 Å². The Balaban J connectivity index is 2.98. The van der Waals surface area contributed by atoms with Gasteiger partial charge in [0, 0.05) is 13.5 Å². The lowest BCUT2D eigenvalue weighted by Crippen LogP contribution is -2.09. The van der Waals surface area contributed by atoms with Gasteiger partial charge in [-0.3, -0.25) is 4.79 Å². The molecule has 0 amide bonds. The Hall–Kier alpha value is -1.03. The Labute approximate surface area is 93.9 Å². The summed E-state index contributed by atoms with van der Waals surface area (Å²) >= 11 is 5.88. The number of hydrogen-bond donors (Lipinski definition) is 1. The summed E-state index contributed by atoms with van der Waals surface area (Å²) in [5.74, 6) is 0.419. The minimum absolute atomic E-state index is 0.0829. The van der Waals surface area contributed by atoms with E-state index in [1.807, 2.05) is 0 Å². The normalized spacial score (nSPS) is 11.0. The summed E-state index contributed by atoms with van der Waals surface area (Å²) in [5, 5.41) is 9.01. The Morgan fingerprint density at radius 1 is 1.60 bits per heavy atom. The number of imidazole rings is 1. The topological polar surface area (TPSA) is 55.1 Å². The maximum Gasteiger partial charge on any atom is 0.309 e. The second kappa shape index (κ2) is 4.66. The molecule has 0 saturated heterocycles. The zero-order valence-electron chi connectivity index (χ0n) is 9.12. The van der Waals surface area contributed by atoms with Crippen LogP contribution in [0.2, 0.25) is 5.15 Å². The summed E-state index contributed by atoms with van der Waals surface area (Å²) in [6.07, 6.45) is 0.719. The van der Waals surface area contributed by atoms with Gasteiger partial charge in [-0.15, -0.1) is 0 Å². The molecule has 0 atom stereocenters. The quantitative estimate of drug-likeness (QED) is 0.860. The van der Waals surface area contributed by atoms with E-state index in [0.29, 0.717) is 16.8 Å². The molecule has 0 radical (unpaired) electrons. The van der Waals surface area contributed by atoms with Gasteiger partial charge in [-0.25, -0.2) is 4.98 Å². The second-order valence-electron chi connectivity index (χ2n) is 3.99. The van der Waals surface area contributed by atoms with Gasteiger partial charge in [-0.05, 0) is 5.92 Å². The van der Waals surface area contributed by atoms with Crippen LogP contribution in [0, 0.1) is 5.92 Å². The third-order valence-corrected chi connectivity index (χ3v) is 2.47. The molecule has 4 nitrogen and oxygen atoms in total. The minimum Gasteiger partial charge on any atom is -0.481 e. The molecule has 0 unspecified atom stereocenters. The Kier molecular flexibility index (Phi) is 3.74. The summed E-state index contributed by atoms with van der Waals surface area (Å²) in [7, 11) is 1.80. The lowest BCUT2D eigenvalue weighted by atomic mass is 10.1. The van der Waals surface area contributed by atoms with Crippen molar-refractivity contribution in [1.82, 2.24) is 9.55 Å². The lowest BCUT2D eigenvalue weighted by Gasteiger charge is -2.06. The van der Waals surface area contributed by atoms with Crippen LogP contribution in [0.4, 0.5) is 0 Å². The predicted molar refractivity (Wildman–Crippen MR) is 58.1 cm³/mol. The second-order valence-corrected chi connectivity index (χ2v) is 4.35. The molecule has 15 heavy (non-hydrogen) atoms. The summed E-state index contributed by atoms with van der Waals surface area (Å²) in [6, 6.07) is 0. The van der Waals surface area contributed by atoms with E-state index in [2.05, 4.69) is 18.8 Å². The number of carbonyl (C=O) groups is 1. The molecule has 0 bridgehead atoms. The predicted octanol–water partition coefficient (Wildman–Crippen LogP) is 1.90. The fourth-order valence-corrected chi connectivity index (χ4v) is 1.72. The van der Waals surface area contributed by atoms with Gasteiger partial charge in [-0.1, -0.05) is 25.4 Å². The standard InChI is InChI=1S/C10H15ClN2O2/c1-6(2)4-8-12-10(11)7(13(8)3)5-9(14)15/h6H,4-5H2,1-3H3,(H,14,15). The van der Waals surface area contributed by atoms with Crippen LogP contribution in [0.15, 0.2) is 0 Å². The van der Waals surface area contributed by atoms with Crippen molar-refractivity contribution in [3.8, 4) is 0 Å². The summed E-state index contributed by atoms with van der Waals surface area (Å²) in [5.41, 5.74) is 0.569. The van der Waals surface area contributed by atoms with Crippen molar-refractivity contribution in [2.45, 2.75) is 26.7 Å². The zero-order chi connectivity index (χ0) is 11.6. The highest BCUT2D eigenvalue weighted by Crippen LogP contribution is 2.18. The summed E-state index contributed by atoms with van der Waals surface area (Å²) < 4.78 is 1.77. The van der Waals surface area contributed by atoms with Crippen molar-refractivity contribution in [2.75, 3.05) is 0 Å². The number of hydrogen-bond acceptors (Lipinski definition) is 2. The molecule has 0 aliphatic heterocycles. The van der Waals surface area contributed by atoms with Crippen LogP contribution in [0.5, 0.6) is 0 Å². The Morgan fingerprint density at radius 2 is 2.20 bits per heavy atom. The number of aromatic nitrogens is 2. The highest BCUT2D eigenvalue weighted by Gasteiger charge is 2.16. The van der Waals surface area contributed by atoms with E-state index >= 15 is 0 Å². The van der Waals surface area contributed by atoms with E-state index in [1.165, 1.54) is 0 Å². The molecule has 1 aromatic rings. The van der Waals surface area contributed by atoms with E-state index in [9.17, 15) is 4.79 Å². The molecular weight excluding hydrogens is 216 g/mol. The van der Waals surface area contributed by atoms with E-state index in [0.717, 1.165) is 12.2 Å². The fraction of sp³-hybridized carbons (Fsp3) is 0.600. The average Bonchev–Trinajstić information content (AvgIpc) is 2.31. The number of carboxylic acid groups (broad SMARTS) is 1. The minimum atomic E-state index is -0.893. The summed E-state index contributed by atoms with van der Waals surface area (Å²) in [4.78, 5) is 14.8. The van der Waals surface area contributed by atoms with Crippen molar-refractivity contribution in [3.63, 3.8) is 0 Å². The number of nitrogens with zero attached hydrogens (tertiary/aromatic N) is 2. The molecule has 1 rings (SSSR count). The van der Waals surface area contributed by atoms with Crippen molar-refractivity contribution in [3.05, 3.63) is 16.7 Å². The first-order chi connectivity index (χ1) is 6.91. The molecule has 84 valence electrons. The highest BCUT2D eigenvalue weighted by atomic mass is 35.5. The van der Waals surface area contributed by atoms with Crippen LogP contribution < -0.4 is 0 Å². The van der Waals surface area contributed by atoms with Gasteiger partial charge in [0.1, 0.15) is 5.82 Å². The van der Waals surface area contributed by atoms with Crippen LogP contribution in [-0.2, 0) is 24.7 Å². The average molecular weight is 231 g/mol. The van der Waals surface area contributed by atoms with Crippen molar-refractivity contribution in [2.24, 2.45) is 13.0 Å². The van der Waals surface area contributed by atoms with E-state index < -0.39 is 5.97 Å². The number of rotatable bonds is 4. The molecule has 5 heteroatoms. The first-order valence-electron chi connectivity index (χ1n) is 4.83. The molecular formula is C10H15ClN2O2. The fourth-order valence-electron chi connectivity index (χ4n) is 1.43. The van der Waals surface area contributed by atoms with Gasteiger partial charge >= 0.3 is 5.97 Å². The maximum atomic E-state index is 10.6. The molecule has 0 spiro atoms. The molecule has 0 fully saturated rings. The van der Waals surface area contributed by atoms with Crippen LogP contribution in [0.25, 0.3) is 0 Å². The molecule has 0 aliphatic carbocycles.